The van der Waals surface area contributed by atoms with Crippen LogP contribution in [0.4, 0.5) is 0 Å². The van der Waals surface area contributed by atoms with Crippen molar-refractivity contribution in [2.75, 3.05) is 0 Å². The summed E-state index contributed by atoms with van der Waals surface area (Å²) in [7, 11) is 0. The first kappa shape index (κ1) is 11.0. The molecule has 0 aromatic heterocycles. The lowest BCUT2D eigenvalue weighted by atomic mass is 10.2. The van der Waals surface area contributed by atoms with Crippen molar-refractivity contribution in [2.45, 2.75) is 25.4 Å². The van der Waals surface area contributed by atoms with E-state index in [0.29, 0.717) is 24.4 Å². The Balaban J connectivity index is 2.12. The van der Waals surface area contributed by atoms with E-state index in [1.165, 1.54) is 0 Å². The van der Waals surface area contributed by atoms with Gasteiger partial charge < -0.3 is 4.90 Å². The van der Waals surface area contributed by atoms with Crippen LogP contribution in [0, 0.1) is 11.3 Å². The Kier molecular flexibility index (Phi) is 3.12. The van der Waals surface area contributed by atoms with E-state index in [2.05, 4.69) is 6.07 Å². The quantitative estimate of drug-likeness (QED) is 0.789. The van der Waals surface area contributed by atoms with E-state index in [1.807, 2.05) is 12.1 Å². The molecular weight excluding hydrogens is 224 g/mol. The average Bonchev–Trinajstić information content (AvgIpc) is 2.63. The lowest BCUT2D eigenvalue weighted by Gasteiger charge is -2.19. The lowest BCUT2D eigenvalue weighted by Crippen LogP contribution is -2.31. The van der Waals surface area contributed by atoms with Crippen molar-refractivity contribution in [1.82, 2.24) is 4.90 Å². The zero-order chi connectivity index (χ0) is 11.5. The molecule has 1 aromatic carbocycles. The average molecular weight is 235 g/mol. The number of carbonyl (C=O) groups excluding carboxylic acids is 1. The van der Waals surface area contributed by atoms with E-state index < -0.39 is 0 Å². The van der Waals surface area contributed by atoms with Gasteiger partial charge in [0.05, 0.1) is 6.07 Å². The summed E-state index contributed by atoms with van der Waals surface area (Å²) in [6, 6.07) is 9.22. The van der Waals surface area contributed by atoms with Crippen molar-refractivity contribution in [3.63, 3.8) is 0 Å². The Morgan fingerprint density at radius 3 is 2.75 bits per heavy atom. The Bertz CT molecular complexity index is 435. The van der Waals surface area contributed by atoms with Crippen molar-refractivity contribution in [1.29, 1.82) is 5.26 Å². The molecular formula is C12H11ClN2O. The van der Waals surface area contributed by atoms with Gasteiger partial charge in [-0.25, -0.2) is 0 Å². The van der Waals surface area contributed by atoms with Crippen LogP contribution in [-0.4, -0.2) is 16.8 Å². The molecule has 1 unspecified atom stereocenters. The van der Waals surface area contributed by atoms with Crippen LogP contribution in [0.25, 0.3) is 0 Å². The summed E-state index contributed by atoms with van der Waals surface area (Å²) in [5, 5.41) is 9.59. The van der Waals surface area contributed by atoms with E-state index in [4.69, 9.17) is 16.9 Å². The molecule has 16 heavy (non-hydrogen) atoms. The number of likely N-dealkylation sites (tertiary alicyclic amines) is 1. The first-order chi connectivity index (χ1) is 7.70. The molecule has 0 saturated carbocycles. The topological polar surface area (TPSA) is 44.1 Å². The van der Waals surface area contributed by atoms with Gasteiger partial charge >= 0.3 is 0 Å². The summed E-state index contributed by atoms with van der Waals surface area (Å²) in [4.78, 5) is 13.2. The molecule has 1 fully saturated rings. The number of rotatable bonds is 2. The molecule has 0 aliphatic carbocycles. The number of amides is 1. The Morgan fingerprint density at radius 2 is 2.12 bits per heavy atom. The van der Waals surface area contributed by atoms with Crippen molar-refractivity contribution in [3.8, 4) is 6.07 Å². The van der Waals surface area contributed by atoms with Crippen LogP contribution in [0.5, 0.6) is 0 Å². The predicted molar refractivity (Wildman–Crippen MR) is 60.6 cm³/mol. The van der Waals surface area contributed by atoms with Gasteiger partial charge in [0.2, 0.25) is 5.91 Å². The second-order valence-corrected chi connectivity index (χ2v) is 4.27. The zero-order valence-corrected chi connectivity index (χ0v) is 9.44. The normalized spacial score (nSPS) is 19.9. The predicted octanol–water partition coefficient (Wildman–Crippen LogP) is 2.35. The largest absolute Gasteiger partial charge is 0.322 e. The van der Waals surface area contributed by atoms with E-state index in [9.17, 15) is 4.79 Å². The number of benzene rings is 1. The van der Waals surface area contributed by atoms with E-state index in [1.54, 1.807) is 17.0 Å². The second kappa shape index (κ2) is 4.54. The van der Waals surface area contributed by atoms with Gasteiger partial charge in [0.1, 0.15) is 6.04 Å². The summed E-state index contributed by atoms with van der Waals surface area (Å²) in [5.41, 5.74) is 1.000. The molecule has 3 nitrogen and oxygen atoms in total. The van der Waals surface area contributed by atoms with Crippen LogP contribution in [0.1, 0.15) is 18.4 Å². The summed E-state index contributed by atoms with van der Waals surface area (Å²) in [6.45, 7) is 0.494. The van der Waals surface area contributed by atoms with Crippen LogP contribution in [-0.2, 0) is 11.3 Å². The fourth-order valence-electron chi connectivity index (χ4n) is 1.85. The summed E-state index contributed by atoms with van der Waals surface area (Å²) < 4.78 is 0. The number of hydrogen-bond donors (Lipinski definition) is 0. The third-order valence-corrected chi connectivity index (χ3v) is 3.00. The molecule has 2 rings (SSSR count). The minimum absolute atomic E-state index is 0.0569. The number of hydrogen-bond acceptors (Lipinski definition) is 2. The molecule has 4 heteroatoms. The van der Waals surface area contributed by atoms with E-state index >= 15 is 0 Å². The Morgan fingerprint density at radius 1 is 1.44 bits per heavy atom. The van der Waals surface area contributed by atoms with Crippen LogP contribution in [0.2, 0.25) is 5.02 Å². The summed E-state index contributed by atoms with van der Waals surface area (Å²) >= 11 is 5.78. The lowest BCUT2D eigenvalue weighted by molar-refractivity contribution is -0.128. The molecule has 0 spiro atoms. The maximum Gasteiger partial charge on any atom is 0.224 e. The minimum atomic E-state index is -0.275. The summed E-state index contributed by atoms with van der Waals surface area (Å²) in [5.74, 6) is 0.0569. The van der Waals surface area contributed by atoms with Crippen molar-refractivity contribution in [2.24, 2.45) is 0 Å². The highest BCUT2D eigenvalue weighted by Gasteiger charge is 2.30. The van der Waals surface area contributed by atoms with Gasteiger partial charge in [0, 0.05) is 18.0 Å². The number of nitrogens with zero attached hydrogens (tertiary/aromatic N) is 2. The van der Waals surface area contributed by atoms with Gasteiger partial charge in [-0.15, -0.1) is 0 Å². The second-order valence-electron chi connectivity index (χ2n) is 3.83. The Hall–Kier alpha value is -1.53. The van der Waals surface area contributed by atoms with Crippen molar-refractivity contribution in [3.05, 3.63) is 34.9 Å². The third-order valence-electron chi connectivity index (χ3n) is 2.74. The molecule has 0 radical (unpaired) electrons. The van der Waals surface area contributed by atoms with Gasteiger partial charge in [-0.05, 0) is 24.1 Å². The molecule has 1 aromatic rings. The fourth-order valence-corrected chi connectivity index (χ4v) is 1.98. The molecule has 1 aliphatic rings. The van der Waals surface area contributed by atoms with Crippen LogP contribution in [0.15, 0.2) is 24.3 Å². The van der Waals surface area contributed by atoms with Crippen molar-refractivity contribution >= 4 is 17.5 Å². The van der Waals surface area contributed by atoms with E-state index in [0.717, 1.165) is 5.56 Å². The van der Waals surface area contributed by atoms with Gasteiger partial charge in [-0.2, -0.15) is 5.26 Å². The molecule has 0 bridgehead atoms. The molecule has 82 valence electrons. The first-order valence-electron chi connectivity index (χ1n) is 5.14. The smallest absolute Gasteiger partial charge is 0.224 e. The summed E-state index contributed by atoms with van der Waals surface area (Å²) in [6.07, 6.45) is 1.12. The molecule has 1 atom stereocenters. The molecule has 1 amide bonds. The molecule has 0 N–H and O–H groups in total. The van der Waals surface area contributed by atoms with Gasteiger partial charge in [0.25, 0.3) is 0 Å². The highest BCUT2D eigenvalue weighted by Crippen LogP contribution is 2.21. The molecule has 1 heterocycles. The first-order valence-corrected chi connectivity index (χ1v) is 5.52. The fraction of sp³-hybridized carbons (Fsp3) is 0.333. The molecule has 1 saturated heterocycles. The minimum Gasteiger partial charge on any atom is -0.322 e. The molecule has 1 aliphatic heterocycles. The third kappa shape index (κ3) is 2.17. The zero-order valence-electron chi connectivity index (χ0n) is 8.69. The van der Waals surface area contributed by atoms with Gasteiger partial charge in [-0.1, -0.05) is 23.7 Å². The standard InChI is InChI=1S/C12H11ClN2O/c13-10-3-1-9(2-4-10)8-15-11(7-14)5-6-12(15)16/h1-4,11H,5-6,8H2. The van der Waals surface area contributed by atoms with Crippen LogP contribution in [0.3, 0.4) is 0 Å². The number of halogens is 1. The maximum atomic E-state index is 11.6. The Labute approximate surface area is 99.2 Å². The van der Waals surface area contributed by atoms with Crippen LogP contribution >= 0.6 is 11.6 Å². The van der Waals surface area contributed by atoms with E-state index in [-0.39, 0.29) is 11.9 Å². The highest BCUT2D eigenvalue weighted by atomic mass is 35.5. The van der Waals surface area contributed by atoms with Crippen molar-refractivity contribution < 1.29 is 4.79 Å². The SMILES string of the molecule is N#CC1CCC(=O)N1Cc1ccc(Cl)cc1. The van der Waals surface area contributed by atoms with Crippen LogP contribution < -0.4 is 0 Å². The van der Waals surface area contributed by atoms with Gasteiger partial charge in [0.15, 0.2) is 0 Å². The number of carbonyl (C=O) groups is 1. The maximum absolute atomic E-state index is 11.6. The highest BCUT2D eigenvalue weighted by molar-refractivity contribution is 6.30. The number of nitriles is 1. The monoisotopic (exact) mass is 234 g/mol. The van der Waals surface area contributed by atoms with Gasteiger partial charge in [-0.3, -0.25) is 4.79 Å².